The van der Waals surface area contributed by atoms with Gasteiger partial charge in [-0.2, -0.15) is 4.68 Å². The molecule has 0 saturated heterocycles. The number of tetrazole rings is 1. The molecule has 0 N–H and O–H groups in total. The number of ether oxygens (including phenoxy) is 1. The normalized spacial score (nSPS) is 10.7. The second-order valence-electron chi connectivity index (χ2n) is 4.96. The van der Waals surface area contributed by atoms with Gasteiger partial charge >= 0.3 is 0 Å². The van der Waals surface area contributed by atoms with E-state index in [9.17, 15) is 4.39 Å². The van der Waals surface area contributed by atoms with Crippen LogP contribution in [0.15, 0.2) is 47.6 Å². The lowest BCUT2D eigenvalue weighted by Crippen LogP contribution is -2.02. The van der Waals surface area contributed by atoms with E-state index in [2.05, 4.69) is 15.5 Å². The lowest BCUT2D eigenvalue weighted by atomic mass is 10.2. The monoisotopic (exact) mass is 330 g/mol. The number of rotatable bonds is 5. The molecule has 0 amide bonds. The van der Waals surface area contributed by atoms with Crippen LogP contribution in [0.5, 0.6) is 5.75 Å². The van der Waals surface area contributed by atoms with Crippen LogP contribution in [0.4, 0.5) is 4.39 Å². The first-order valence-corrected chi connectivity index (χ1v) is 7.96. The Bertz CT molecular complexity index is 804. The predicted molar refractivity (Wildman–Crippen MR) is 86.4 cm³/mol. The fourth-order valence-electron chi connectivity index (χ4n) is 2.11. The van der Waals surface area contributed by atoms with Gasteiger partial charge < -0.3 is 4.74 Å². The van der Waals surface area contributed by atoms with Gasteiger partial charge in [0.1, 0.15) is 17.3 Å². The second kappa shape index (κ2) is 6.78. The maximum absolute atomic E-state index is 12.9. The molecule has 118 valence electrons. The molecule has 1 heterocycles. The van der Waals surface area contributed by atoms with E-state index in [0.717, 1.165) is 16.8 Å². The Balaban J connectivity index is 1.85. The number of halogens is 1. The number of aryl methyl sites for hydroxylation is 1. The Kier molecular flexibility index (Phi) is 4.57. The van der Waals surface area contributed by atoms with Gasteiger partial charge in [0.2, 0.25) is 5.16 Å². The van der Waals surface area contributed by atoms with E-state index in [1.165, 1.54) is 23.9 Å². The average molecular weight is 330 g/mol. The highest BCUT2D eigenvalue weighted by atomic mass is 32.2. The molecule has 0 saturated carbocycles. The van der Waals surface area contributed by atoms with Gasteiger partial charge in [-0.3, -0.25) is 0 Å². The Labute approximate surface area is 137 Å². The molecule has 0 radical (unpaired) electrons. The molecule has 0 atom stereocenters. The van der Waals surface area contributed by atoms with E-state index in [1.807, 2.05) is 25.1 Å². The Hall–Kier alpha value is -2.41. The van der Waals surface area contributed by atoms with E-state index in [-0.39, 0.29) is 5.82 Å². The van der Waals surface area contributed by atoms with Crippen molar-refractivity contribution in [1.29, 1.82) is 0 Å². The maximum Gasteiger partial charge on any atom is 0.214 e. The third-order valence-corrected chi connectivity index (χ3v) is 4.28. The van der Waals surface area contributed by atoms with Gasteiger partial charge in [0, 0.05) is 5.75 Å². The summed E-state index contributed by atoms with van der Waals surface area (Å²) >= 11 is 1.48. The minimum absolute atomic E-state index is 0.243. The van der Waals surface area contributed by atoms with Crippen LogP contribution >= 0.6 is 11.8 Å². The third kappa shape index (κ3) is 3.50. The Morgan fingerprint density at radius 3 is 2.70 bits per heavy atom. The molecule has 0 aliphatic carbocycles. The molecule has 0 aliphatic rings. The summed E-state index contributed by atoms with van der Waals surface area (Å²) in [6.07, 6.45) is 0. The van der Waals surface area contributed by atoms with Crippen molar-refractivity contribution >= 4 is 11.8 Å². The van der Waals surface area contributed by atoms with Crippen molar-refractivity contribution in [3.8, 4) is 11.4 Å². The zero-order valence-corrected chi connectivity index (χ0v) is 13.5. The van der Waals surface area contributed by atoms with Gasteiger partial charge in [-0.25, -0.2) is 4.39 Å². The molecule has 3 aromatic rings. The highest BCUT2D eigenvalue weighted by Gasteiger charge is 2.13. The molecule has 0 unspecified atom stereocenters. The number of hydrogen-bond donors (Lipinski definition) is 0. The molecule has 7 heteroatoms. The van der Waals surface area contributed by atoms with Gasteiger partial charge in [-0.05, 0) is 52.7 Å². The van der Waals surface area contributed by atoms with Crippen LogP contribution in [0.2, 0.25) is 0 Å². The number of benzene rings is 2. The fraction of sp³-hybridized carbons (Fsp3) is 0.188. The van der Waals surface area contributed by atoms with Gasteiger partial charge in [0.25, 0.3) is 0 Å². The number of hydrogen-bond acceptors (Lipinski definition) is 5. The van der Waals surface area contributed by atoms with E-state index in [0.29, 0.717) is 16.7 Å². The van der Waals surface area contributed by atoms with Crippen LogP contribution in [-0.4, -0.2) is 27.3 Å². The number of thioether (sulfide) groups is 1. The first kappa shape index (κ1) is 15.5. The molecule has 0 fully saturated rings. The van der Waals surface area contributed by atoms with Crippen molar-refractivity contribution in [2.75, 3.05) is 7.11 Å². The Morgan fingerprint density at radius 2 is 1.96 bits per heavy atom. The van der Waals surface area contributed by atoms with Crippen molar-refractivity contribution in [3.63, 3.8) is 0 Å². The molecule has 0 aliphatic heterocycles. The summed E-state index contributed by atoms with van der Waals surface area (Å²) in [5, 5.41) is 12.5. The lowest BCUT2D eigenvalue weighted by Gasteiger charge is -2.10. The van der Waals surface area contributed by atoms with Crippen molar-refractivity contribution < 1.29 is 9.13 Å². The molecular formula is C16H15FN4OS. The van der Waals surface area contributed by atoms with E-state index >= 15 is 0 Å². The predicted octanol–water partition coefficient (Wildman–Crippen LogP) is 3.41. The van der Waals surface area contributed by atoms with Crippen molar-refractivity contribution in [2.45, 2.75) is 17.8 Å². The van der Waals surface area contributed by atoms with E-state index in [1.54, 1.807) is 23.9 Å². The largest absolute Gasteiger partial charge is 0.494 e. The first-order chi connectivity index (χ1) is 11.2. The third-order valence-electron chi connectivity index (χ3n) is 3.28. The standard InChI is InChI=1S/C16H15FN4OS/c1-11-3-8-15(22-2)14(9-11)21-16(18-19-20-21)23-10-12-4-6-13(17)7-5-12/h3-9H,10H2,1-2H3. The Morgan fingerprint density at radius 1 is 1.17 bits per heavy atom. The molecule has 0 spiro atoms. The van der Waals surface area contributed by atoms with Crippen LogP contribution in [-0.2, 0) is 5.75 Å². The summed E-state index contributed by atoms with van der Waals surface area (Å²) < 4.78 is 20.0. The summed E-state index contributed by atoms with van der Waals surface area (Å²) in [4.78, 5) is 0. The number of nitrogens with zero attached hydrogens (tertiary/aromatic N) is 4. The van der Waals surface area contributed by atoms with Crippen molar-refractivity contribution in [3.05, 3.63) is 59.4 Å². The first-order valence-electron chi connectivity index (χ1n) is 6.98. The minimum atomic E-state index is -0.243. The second-order valence-corrected chi connectivity index (χ2v) is 5.91. The van der Waals surface area contributed by atoms with Gasteiger partial charge in [0.05, 0.1) is 7.11 Å². The maximum atomic E-state index is 12.9. The molecule has 5 nitrogen and oxygen atoms in total. The summed E-state index contributed by atoms with van der Waals surface area (Å²) in [7, 11) is 1.61. The highest BCUT2D eigenvalue weighted by Crippen LogP contribution is 2.28. The SMILES string of the molecule is COc1ccc(C)cc1-n1nnnc1SCc1ccc(F)cc1. The number of methoxy groups -OCH3 is 1. The quantitative estimate of drug-likeness (QED) is 0.671. The molecule has 1 aromatic heterocycles. The van der Waals surface area contributed by atoms with Crippen molar-refractivity contribution in [2.24, 2.45) is 0 Å². The minimum Gasteiger partial charge on any atom is -0.494 e. The topological polar surface area (TPSA) is 52.8 Å². The summed E-state index contributed by atoms with van der Waals surface area (Å²) in [5.74, 6) is 1.11. The molecule has 3 rings (SSSR count). The zero-order valence-electron chi connectivity index (χ0n) is 12.7. The van der Waals surface area contributed by atoms with Gasteiger partial charge in [-0.1, -0.05) is 30.0 Å². The summed E-state index contributed by atoms with van der Waals surface area (Å²) in [5.41, 5.74) is 2.88. The van der Waals surface area contributed by atoms with Crippen LogP contribution < -0.4 is 4.74 Å². The van der Waals surface area contributed by atoms with E-state index < -0.39 is 0 Å². The van der Waals surface area contributed by atoms with Crippen LogP contribution in [0.1, 0.15) is 11.1 Å². The average Bonchev–Trinajstić information content (AvgIpc) is 3.02. The molecular weight excluding hydrogens is 315 g/mol. The zero-order chi connectivity index (χ0) is 16.2. The summed E-state index contributed by atoms with van der Waals surface area (Å²) in [6, 6.07) is 12.2. The summed E-state index contributed by atoms with van der Waals surface area (Å²) in [6.45, 7) is 2.00. The lowest BCUT2D eigenvalue weighted by molar-refractivity contribution is 0.410. The van der Waals surface area contributed by atoms with Gasteiger partial charge in [-0.15, -0.1) is 5.10 Å². The van der Waals surface area contributed by atoms with E-state index in [4.69, 9.17) is 4.74 Å². The van der Waals surface area contributed by atoms with Crippen molar-refractivity contribution in [1.82, 2.24) is 20.2 Å². The fourth-order valence-corrected chi connectivity index (χ4v) is 2.95. The number of aromatic nitrogens is 4. The molecule has 23 heavy (non-hydrogen) atoms. The smallest absolute Gasteiger partial charge is 0.214 e. The van der Waals surface area contributed by atoms with Crippen LogP contribution in [0.3, 0.4) is 0 Å². The van der Waals surface area contributed by atoms with Gasteiger partial charge in [0.15, 0.2) is 0 Å². The molecule has 0 bridgehead atoms. The van der Waals surface area contributed by atoms with Crippen LogP contribution in [0, 0.1) is 12.7 Å². The molecule has 2 aromatic carbocycles. The highest BCUT2D eigenvalue weighted by molar-refractivity contribution is 7.98. The van der Waals surface area contributed by atoms with Crippen LogP contribution in [0.25, 0.3) is 5.69 Å².